The van der Waals surface area contributed by atoms with Crippen LogP contribution in [0.4, 0.5) is 4.79 Å². The van der Waals surface area contributed by atoms with Crippen LogP contribution in [0.3, 0.4) is 0 Å². The number of pyridine rings is 2. The van der Waals surface area contributed by atoms with E-state index in [-0.39, 0.29) is 12.1 Å². The van der Waals surface area contributed by atoms with Gasteiger partial charge in [0, 0.05) is 52.9 Å². The highest BCUT2D eigenvalue weighted by molar-refractivity contribution is 5.95. The van der Waals surface area contributed by atoms with E-state index in [1.807, 2.05) is 57.3 Å². The van der Waals surface area contributed by atoms with Gasteiger partial charge in [-0.1, -0.05) is 12.1 Å². The molecule has 5 heterocycles. The van der Waals surface area contributed by atoms with Crippen LogP contribution in [-0.2, 0) is 22.5 Å². The largest absolute Gasteiger partial charge is 0.444 e. The molecule has 0 saturated carbocycles. The molecule has 0 spiro atoms. The zero-order valence-electron chi connectivity index (χ0n) is 22.5. The number of aryl methyl sites for hydroxylation is 1. The van der Waals surface area contributed by atoms with Crippen molar-refractivity contribution in [1.82, 2.24) is 19.9 Å². The summed E-state index contributed by atoms with van der Waals surface area (Å²) in [6, 6.07) is 10.8. The van der Waals surface area contributed by atoms with Gasteiger partial charge in [-0.05, 0) is 87.4 Å². The zero-order valence-corrected chi connectivity index (χ0v) is 22.5. The summed E-state index contributed by atoms with van der Waals surface area (Å²) in [6.45, 7) is 9.71. The fourth-order valence-corrected chi connectivity index (χ4v) is 5.63. The number of nitrogens with zero attached hydrogens (tertiary/aromatic N) is 3. The molecule has 196 valence electrons. The molecule has 1 amide bonds. The second kappa shape index (κ2) is 9.55. The van der Waals surface area contributed by atoms with E-state index in [2.05, 4.69) is 34.2 Å². The monoisotopic (exact) mass is 510 g/mol. The highest BCUT2D eigenvalue weighted by atomic mass is 16.6. The van der Waals surface area contributed by atoms with E-state index >= 15 is 0 Å². The number of aromatic nitrogens is 3. The number of amides is 1. The molecule has 1 saturated heterocycles. The molecule has 1 atom stereocenters. The molecule has 1 fully saturated rings. The first-order chi connectivity index (χ1) is 18.3. The first-order valence-corrected chi connectivity index (χ1v) is 13.4. The Morgan fingerprint density at radius 1 is 1.11 bits per heavy atom. The standard InChI is InChI=1S/C31H34N4O3/c1-19-7-8-21(15-32-19)26-17-34-29-25(26)14-23(16-33-29)22-12-20-9-11-37-18-27(20)24(13-22)28-6-5-10-35(28)30(36)38-31(2,3)4/h7-8,12-17,28H,5-6,9-11,18H2,1-4H3,(H,33,34)/t28-/m0/s1. The second-order valence-corrected chi connectivity index (χ2v) is 11.3. The second-order valence-electron chi connectivity index (χ2n) is 11.3. The smallest absolute Gasteiger partial charge is 0.410 e. The van der Waals surface area contributed by atoms with Gasteiger partial charge in [-0.2, -0.15) is 0 Å². The van der Waals surface area contributed by atoms with Crippen molar-refractivity contribution < 1.29 is 14.3 Å². The van der Waals surface area contributed by atoms with Crippen molar-refractivity contribution in [3.8, 4) is 22.3 Å². The Kier molecular flexibility index (Phi) is 6.19. The molecule has 7 heteroatoms. The average molecular weight is 511 g/mol. The van der Waals surface area contributed by atoms with Crippen molar-refractivity contribution in [2.75, 3.05) is 13.2 Å². The number of nitrogens with one attached hydrogen (secondary N) is 1. The summed E-state index contributed by atoms with van der Waals surface area (Å²) in [4.78, 5) is 27.6. The summed E-state index contributed by atoms with van der Waals surface area (Å²) in [5.41, 5.74) is 9.28. The summed E-state index contributed by atoms with van der Waals surface area (Å²) in [5.74, 6) is 0. The Morgan fingerprint density at radius 2 is 1.95 bits per heavy atom. The maximum absolute atomic E-state index is 13.1. The third kappa shape index (κ3) is 4.67. The Bertz CT molecular complexity index is 1500. The van der Waals surface area contributed by atoms with E-state index in [0.29, 0.717) is 19.8 Å². The Hall–Kier alpha value is -3.71. The number of hydrogen-bond donors (Lipinski definition) is 1. The highest BCUT2D eigenvalue weighted by Crippen LogP contribution is 2.40. The van der Waals surface area contributed by atoms with Gasteiger partial charge in [0.25, 0.3) is 0 Å². The maximum Gasteiger partial charge on any atom is 0.410 e. The number of carbonyl (C=O) groups is 1. The third-order valence-electron chi connectivity index (χ3n) is 7.47. The lowest BCUT2D eigenvalue weighted by atomic mass is 9.88. The number of aromatic amines is 1. The van der Waals surface area contributed by atoms with E-state index < -0.39 is 5.60 Å². The first kappa shape index (κ1) is 24.6. The molecule has 0 bridgehead atoms. The summed E-state index contributed by atoms with van der Waals surface area (Å²) in [5, 5.41) is 1.06. The van der Waals surface area contributed by atoms with Crippen molar-refractivity contribution in [2.24, 2.45) is 0 Å². The fourth-order valence-electron chi connectivity index (χ4n) is 5.63. The van der Waals surface area contributed by atoms with Gasteiger partial charge in [0.1, 0.15) is 11.2 Å². The number of hydrogen-bond acceptors (Lipinski definition) is 5. The summed E-state index contributed by atoms with van der Waals surface area (Å²) in [6.07, 6.45) is 8.32. The van der Waals surface area contributed by atoms with Crippen LogP contribution in [0.25, 0.3) is 33.3 Å². The van der Waals surface area contributed by atoms with E-state index in [9.17, 15) is 4.79 Å². The molecule has 1 N–H and O–H groups in total. The van der Waals surface area contributed by atoms with Gasteiger partial charge in [-0.3, -0.25) is 4.98 Å². The van der Waals surface area contributed by atoms with Crippen molar-refractivity contribution in [3.63, 3.8) is 0 Å². The molecule has 4 aromatic rings. The molecule has 38 heavy (non-hydrogen) atoms. The van der Waals surface area contributed by atoms with Crippen LogP contribution in [0.5, 0.6) is 0 Å². The number of fused-ring (bicyclic) bond motifs is 2. The van der Waals surface area contributed by atoms with Crippen molar-refractivity contribution in [3.05, 3.63) is 71.3 Å². The van der Waals surface area contributed by atoms with E-state index in [1.54, 1.807) is 0 Å². The van der Waals surface area contributed by atoms with Crippen LogP contribution in [0, 0.1) is 6.92 Å². The van der Waals surface area contributed by atoms with E-state index in [0.717, 1.165) is 63.8 Å². The zero-order chi connectivity index (χ0) is 26.4. The SMILES string of the molecule is Cc1ccc(-c2c[nH]c3ncc(-c4cc5c(c([C@@H]6CCCN6C(=O)OC(C)(C)C)c4)COCC5)cc23)cn1. The van der Waals surface area contributed by atoms with Crippen molar-refractivity contribution in [1.29, 1.82) is 0 Å². The third-order valence-corrected chi connectivity index (χ3v) is 7.47. The lowest BCUT2D eigenvalue weighted by Gasteiger charge is -2.31. The van der Waals surface area contributed by atoms with Crippen molar-refractivity contribution >= 4 is 17.1 Å². The van der Waals surface area contributed by atoms with Gasteiger partial charge in [0.15, 0.2) is 0 Å². The highest BCUT2D eigenvalue weighted by Gasteiger charge is 2.35. The molecule has 0 radical (unpaired) electrons. The number of carbonyl (C=O) groups excluding carboxylic acids is 1. The Morgan fingerprint density at radius 3 is 2.74 bits per heavy atom. The van der Waals surface area contributed by atoms with Gasteiger partial charge in [0.2, 0.25) is 0 Å². The fraction of sp³-hybridized carbons (Fsp3) is 0.387. The number of rotatable bonds is 3. The summed E-state index contributed by atoms with van der Waals surface area (Å²) < 4.78 is 11.7. The molecular weight excluding hydrogens is 476 g/mol. The van der Waals surface area contributed by atoms with Crippen LogP contribution in [0.1, 0.15) is 62.0 Å². The predicted molar refractivity (Wildman–Crippen MR) is 148 cm³/mol. The molecule has 7 nitrogen and oxygen atoms in total. The van der Waals surface area contributed by atoms with Crippen molar-refractivity contribution in [2.45, 2.75) is 65.2 Å². The first-order valence-electron chi connectivity index (χ1n) is 13.4. The number of ether oxygens (including phenoxy) is 2. The molecule has 2 aliphatic heterocycles. The minimum absolute atomic E-state index is 0.0293. The normalized spacial score (nSPS) is 17.6. The Balaban J connectivity index is 1.43. The topological polar surface area (TPSA) is 80.3 Å². The maximum atomic E-state index is 13.1. The number of H-pyrrole nitrogens is 1. The quantitative estimate of drug-likeness (QED) is 0.330. The Labute approximate surface area is 223 Å². The van der Waals surface area contributed by atoms with E-state index in [1.165, 1.54) is 11.1 Å². The van der Waals surface area contributed by atoms with Crippen LogP contribution in [-0.4, -0.2) is 44.7 Å². The van der Waals surface area contributed by atoms with Gasteiger partial charge < -0.3 is 19.4 Å². The molecule has 1 aromatic carbocycles. The molecule has 0 unspecified atom stereocenters. The average Bonchev–Trinajstić information content (AvgIpc) is 3.55. The number of benzene rings is 1. The molecule has 3 aromatic heterocycles. The molecule has 0 aliphatic carbocycles. The molecule has 2 aliphatic rings. The minimum atomic E-state index is -0.531. The molecular formula is C31H34N4O3. The summed E-state index contributed by atoms with van der Waals surface area (Å²) >= 11 is 0. The summed E-state index contributed by atoms with van der Waals surface area (Å²) in [7, 11) is 0. The van der Waals surface area contributed by atoms with E-state index in [4.69, 9.17) is 14.5 Å². The van der Waals surface area contributed by atoms with Crippen LogP contribution in [0.2, 0.25) is 0 Å². The lowest BCUT2D eigenvalue weighted by molar-refractivity contribution is 0.0221. The predicted octanol–water partition coefficient (Wildman–Crippen LogP) is 6.75. The van der Waals surface area contributed by atoms with Crippen LogP contribution >= 0.6 is 0 Å². The van der Waals surface area contributed by atoms with Gasteiger partial charge >= 0.3 is 6.09 Å². The minimum Gasteiger partial charge on any atom is -0.444 e. The number of likely N-dealkylation sites (tertiary alicyclic amines) is 1. The van der Waals surface area contributed by atoms with Gasteiger partial charge in [-0.15, -0.1) is 0 Å². The lowest BCUT2D eigenvalue weighted by Crippen LogP contribution is -2.36. The van der Waals surface area contributed by atoms with Crippen LogP contribution < -0.4 is 0 Å². The van der Waals surface area contributed by atoms with Gasteiger partial charge in [-0.25, -0.2) is 9.78 Å². The van der Waals surface area contributed by atoms with Crippen LogP contribution in [0.15, 0.2) is 48.9 Å². The van der Waals surface area contributed by atoms with Gasteiger partial charge in [0.05, 0.1) is 19.3 Å². The molecule has 6 rings (SSSR count).